The van der Waals surface area contributed by atoms with E-state index < -0.39 is 8.41 Å². The number of benzene rings is 2. The van der Waals surface area contributed by atoms with E-state index in [1.54, 1.807) is 0 Å². The monoisotopic (exact) mass is 272 g/mol. The number of fused-ring (bicyclic) bond motifs is 2. The molecule has 0 N–H and O–H groups in total. The molecule has 2 aromatic rings. The Bertz CT molecular complexity index is 698. The van der Waals surface area contributed by atoms with Crippen molar-refractivity contribution < 1.29 is 4.74 Å². The number of ether oxygens (including phenoxy) is 1. The predicted octanol–water partition coefficient (Wildman–Crippen LogP) is 1.86. The molecule has 0 fully saturated rings. The third kappa shape index (κ3) is 1.89. The van der Waals surface area contributed by atoms with E-state index in [2.05, 4.69) is 72.8 Å². The Hall–Kier alpha value is -2.19. The summed E-state index contributed by atoms with van der Waals surface area (Å²) >= 11 is 0. The maximum Gasteiger partial charge on any atom is 0.143 e. The second kappa shape index (κ2) is 4.73. The van der Waals surface area contributed by atoms with Gasteiger partial charge >= 0.3 is 0 Å². The minimum atomic E-state index is -0.995. The quantitative estimate of drug-likeness (QED) is 0.758. The molecule has 1 nitrogen and oxygen atoms in total. The molecular weight excluding hydrogens is 260 g/mol. The van der Waals surface area contributed by atoms with Crippen LogP contribution in [0.4, 0.5) is 0 Å². The van der Waals surface area contributed by atoms with Gasteiger partial charge in [0.25, 0.3) is 0 Å². The fraction of sp³-hybridized carbons (Fsp3) is 0.0556. The first-order chi connectivity index (χ1) is 9.92. The summed E-state index contributed by atoms with van der Waals surface area (Å²) in [5.74, 6) is 1.73. The molecule has 1 aliphatic carbocycles. The Morgan fingerprint density at radius 3 is 1.85 bits per heavy atom. The largest absolute Gasteiger partial charge is 0.456 e. The van der Waals surface area contributed by atoms with Crippen LogP contribution in [0.3, 0.4) is 0 Å². The van der Waals surface area contributed by atoms with Gasteiger partial charge in [-0.15, -0.1) is 0 Å². The zero-order chi connectivity index (χ0) is 13.4. The van der Waals surface area contributed by atoms with Crippen molar-refractivity contribution in [3.8, 4) is 0 Å². The fourth-order valence-corrected chi connectivity index (χ4v) is 5.29. The molecule has 2 aromatic carbocycles. The zero-order valence-electron chi connectivity index (χ0n) is 10.9. The van der Waals surface area contributed by atoms with Gasteiger partial charge in [0.1, 0.15) is 11.5 Å². The van der Waals surface area contributed by atoms with Crippen LogP contribution in [0.5, 0.6) is 0 Å². The van der Waals surface area contributed by atoms with Crippen molar-refractivity contribution in [1.82, 2.24) is 0 Å². The molecule has 2 bridgehead atoms. The number of hydrogen-bond donors (Lipinski definition) is 0. The normalized spacial score (nSPS) is 15.7. The molecular formula is C18H12OSi. The summed E-state index contributed by atoms with van der Waals surface area (Å²) < 4.78 is 5.61. The van der Waals surface area contributed by atoms with E-state index in [4.69, 9.17) is 4.74 Å². The van der Waals surface area contributed by atoms with E-state index in [1.807, 2.05) is 0 Å². The van der Waals surface area contributed by atoms with Gasteiger partial charge in [-0.1, -0.05) is 60.7 Å². The maximum atomic E-state index is 5.61. The van der Waals surface area contributed by atoms with Gasteiger partial charge in [-0.05, 0) is 15.5 Å². The predicted molar refractivity (Wildman–Crippen MR) is 82.1 cm³/mol. The van der Waals surface area contributed by atoms with Crippen LogP contribution in [0.25, 0.3) is 0 Å². The van der Waals surface area contributed by atoms with Crippen LogP contribution in [0.1, 0.15) is 6.42 Å². The molecule has 20 heavy (non-hydrogen) atoms. The average molecular weight is 272 g/mol. The van der Waals surface area contributed by atoms with Crippen LogP contribution >= 0.6 is 0 Å². The molecule has 0 saturated heterocycles. The van der Waals surface area contributed by atoms with Crippen molar-refractivity contribution in [3.05, 3.63) is 84.3 Å². The molecule has 0 unspecified atom stereocenters. The number of rotatable bonds is 2. The molecule has 2 heteroatoms. The second-order valence-electron chi connectivity index (χ2n) is 4.82. The molecule has 2 radical (unpaired) electrons. The first-order valence-corrected chi connectivity index (χ1v) is 8.19. The van der Waals surface area contributed by atoms with Gasteiger partial charge in [-0.25, -0.2) is 0 Å². The Morgan fingerprint density at radius 1 is 0.850 bits per heavy atom. The van der Waals surface area contributed by atoms with E-state index in [1.165, 1.54) is 15.5 Å². The fourth-order valence-electron chi connectivity index (χ4n) is 2.60. The summed E-state index contributed by atoms with van der Waals surface area (Å²) in [4.78, 5) is 0. The first-order valence-electron chi connectivity index (χ1n) is 6.69. The van der Waals surface area contributed by atoms with Crippen molar-refractivity contribution >= 4 is 24.0 Å². The van der Waals surface area contributed by atoms with Gasteiger partial charge in [0.15, 0.2) is 0 Å². The lowest BCUT2D eigenvalue weighted by Crippen LogP contribution is -2.43. The van der Waals surface area contributed by atoms with Gasteiger partial charge in [0.2, 0.25) is 0 Å². The van der Waals surface area contributed by atoms with E-state index in [0.29, 0.717) is 0 Å². The van der Waals surface area contributed by atoms with Crippen LogP contribution in [-0.2, 0) is 4.74 Å². The molecule has 0 atom stereocenters. The van der Waals surface area contributed by atoms with Gasteiger partial charge in [-0.2, -0.15) is 0 Å². The molecule has 0 spiro atoms. The lowest BCUT2D eigenvalue weighted by atomic mass is 10.1. The minimum absolute atomic E-state index is 0.784. The summed E-state index contributed by atoms with van der Waals surface area (Å²) in [7, 11) is -0.995. The second-order valence-corrected chi connectivity index (χ2v) is 7.33. The van der Waals surface area contributed by atoms with E-state index in [0.717, 1.165) is 17.9 Å². The smallest absolute Gasteiger partial charge is 0.143 e. The SMILES string of the molecule is [C]1=C2[C]=C(O2)C(=[Si](c2ccccc2)c2ccccc2)C1. The van der Waals surface area contributed by atoms with Crippen LogP contribution in [0.15, 0.2) is 72.2 Å². The highest BCUT2D eigenvalue weighted by Crippen LogP contribution is 2.27. The Morgan fingerprint density at radius 2 is 1.40 bits per heavy atom. The molecule has 5 rings (SSSR count). The van der Waals surface area contributed by atoms with Crippen LogP contribution in [-0.4, -0.2) is 13.6 Å². The van der Waals surface area contributed by atoms with Gasteiger partial charge in [-0.3, -0.25) is 0 Å². The first kappa shape index (κ1) is 11.6. The summed E-state index contributed by atoms with van der Waals surface area (Å²) in [6.45, 7) is 0. The number of allylic oxidation sites excluding steroid dienone is 3. The van der Waals surface area contributed by atoms with Gasteiger partial charge < -0.3 is 4.74 Å². The van der Waals surface area contributed by atoms with Crippen molar-refractivity contribution in [3.63, 3.8) is 0 Å². The molecule has 2 aliphatic heterocycles. The van der Waals surface area contributed by atoms with Crippen molar-refractivity contribution in [1.29, 1.82) is 0 Å². The van der Waals surface area contributed by atoms with Gasteiger partial charge in [0, 0.05) is 12.5 Å². The summed E-state index contributed by atoms with van der Waals surface area (Å²) in [6, 6.07) is 21.4. The molecule has 3 aliphatic rings. The lowest BCUT2D eigenvalue weighted by molar-refractivity contribution is 0.281. The zero-order valence-corrected chi connectivity index (χ0v) is 11.9. The topological polar surface area (TPSA) is 9.23 Å². The molecule has 2 heterocycles. The van der Waals surface area contributed by atoms with Crippen LogP contribution in [0, 0.1) is 12.2 Å². The third-order valence-corrected chi connectivity index (χ3v) is 6.39. The minimum Gasteiger partial charge on any atom is -0.456 e. The Kier molecular flexibility index (Phi) is 2.75. The molecule has 0 saturated carbocycles. The Labute approximate surface area is 120 Å². The van der Waals surface area contributed by atoms with Crippen molar-refractivity contribution in [2.75, 3.05) is 0 Å². The van der Waals surface area contributed by atoms with Crippen molar-refractivity contribution in [2.24, 2.45) is 0 Å². The Balaban J connectivity index is 1.93. The van der Waals surface area contributed by atoms with Gasteiger partial charge in [0.05, 0.1) is 14.5 Å². The molecule has 0 amide bonds. The third-order valence-electron chi connectivity index (χ3n) is 3.56. The van der Waals surface area contributed by atoms with Crippen LogP contribution in [0.2, 0.25) is 0 Å². The highest BCUT2D eigenvalue weighted by molar-refractivity contribution is 6.93. The van der Waals surface area contributed by atoms with E-state index in [9.17, 15) is 0 Å². The van der Waals surface area contributed by atoms with Crippen LogP contribution < -0.4 is 10.4 Å². The maximum absolute atomic E-state index is 5.61. The highest BCUT2D eigenvalue weighted by atomic mass is 28.2. The molecule has 0 aromatic heterocycles. The summed E-state index contributed by atoms with van der Waals surface area (Å²) in [6.07, 6.45) is 7.38. The average Bonchev–Trinajstić information content (AvgIpc) is 2.49. The van der Waals surface area contributed by atoms with Crippen molar-refractivity contribution in [2.45, 2.75) is 6.42 Å². The summed E-state index contributed by atoms with van der Waals surface area (Å²) in [5.41, 5.74) is 0. The number of hydrogen-bond acceptors (Lipinski definition) is 1. The van der Waals surface area contributed by atoms with E-state index >= 15 is 0 Å². The molecule has 94 valence electrons. The lowest BCUT2D eigenvalue weighted by Gasteiger charge is -2.27. The van der Waals surface area contributed by atoms with E-state index in [-0.39, 0.29) is 0 Å². The summed E-state index contributed by atoms with van der Waals surface area (Å²) in [5, 5.41) is 4.12. The highest BCUT2D eigenvalue weighted by Gasteiger charge is 2.27. The standard InChI is InChI=1S/C18H12OSi/c1-3-7-15(8-4-1)20(16-9-5-2-6-10-16)18-12-11-14-13-17(18)19-14/h1-10H,12H2.